The van der Waals surface area contributed by atoms with Gasteiger partial charge in [-0.25, -0.2) is 9.18 Å². The summed E-state index contributed by atoms with van der Waals surface area (Å²) in [7, 11) is 0. The Balaban J connectivity index is 1.83. The second-order valence-corrected chi connectivity index (χ2v) is 4.53. The van der Waals surface area contributed by atoms with E-state index in [0.717, 1.165) is 4.90 Å². The van der Waals surface area contributed by atoms with Crippen LogP contribution in [0.15, 0.2) is 53.0 Å². The van der Waals surface area contributed by atoms with Crippen LogP contribution in [0.3, 0.4) is 0 Å². The van der Waals surface area contributed by atoms with Crippen molar-refractivity contribution in [2.75, 3.05) is 0 Å². The topological polar surface area (TPSA) is 62.6 Å². The van der Waals surface area contributed by atoms with Gasteiger partial charge in [0.05, 0.1) is 19.1 Å². The molecule has 2 aromatic rings. The Morgan fingerprint density at radius 2 is 2.05 bits per heavy atom. The van der Waals surface area contributed by atoms with Crippen LogP contribution < -0.4 is 5.32 Å². The van der Waals surface area contributed by atoms with E-state index in [2.05, 4.69) is 5.32 Å². The van der Waals surface area contributed by atoms with Crippen molar-refractivity contribution >= 4 is 18.0 Å². The van der Waals surface area contributed by atoms with E-state index in [4.69, 9.17) is 4.42 Å². The third-order valence-corrected chi connectivity index (χ3v) is 3.10. The predicted octanol–water partition coefficient (Wildman–Crippen LogP) is 2.51. The maximum atomic E-state index is 13.6. The summed E-state index contributed by atoms with van der Waals surface area (Å²) in [5, 5.41) is 2.47. The summed E-state index contributed by atoms with van der Waals surface area (Å²) in [6, 6.07) is 7.11. The first-order valence-corrected chi connectivity index (χ1v) is 6.25. The number of nitrogens with one attached hydrogen (secondary N) is 1. The van der Waals surface area contributed by atoms with Crippen LogP contribution in [-0.2, 0) is 11.3 Å². The fourth-order valence-corrected chi connectivity index (χ4v) is 2.04. The molecule has 0 unspecified atom stereocenters. The molecule has 1 aliphatic heterocycles. The van der Waals surface area contributed by atoms with Crippen molar-refractivity contribution in [3.8, 4) is 0 Å². The van der Waals surface area contributed by atoms with E-state index in [-0.39, 0.29) is 17.8 Å². The van der Waals surface area contributed by atoms with Crippen LogP contribution in [0.1, 0.15) is 11.1 Å². The van der Waals surface area contributed by atoms with Gasteiger partial charge in [-0.2, -0.15) is 0 Å². The first-order valence-electron chi connectivity index (χ1n) is 6.25. The summed E-state index contributed by atoms with van der Waals surface area (Å²) >= 11 is 0. The summed E-state index contributed by atoms with van der Waals surface area (Å²) in [4.78, 5) is 25.0. The fraction of sp³-hybridized carbons (Fsp3) is 0.0667. The zero-order valence-corrected chi connectivity index (χ0v) is 10.9. The number of amides is 3. The van der Waals surface area contributed by atoms with Gasteiger partial charge in [0.15, 0.2) is 0 Å². The Bertz CT molecular complexity index is 722. The number of imide groups is 1. The molecule has 5 nitrogen and oxygen atoms in total. The molecule has 3 rings (SSSR count). The Kier molecular flexibility index (Phi) is 3.27. The minimum atomic E-state index is -0.571. The minimum absolute atomic E-state index is 0.111. The van der Waals surface area contributed by atoms with Gasteiger partial charge in [0, 0.05) is 11.1 Å². The van der Waals surface area contributed by atoms with Gasteiger partial charge in [0.2, 0.25) is 0 Å². The van der Waals surface area contributed by atoms with Crippen LogP contribution in [0.2, 0.25) is 0 Å². The Morgan fingerprint density at radius 3 is 2.76 bits per heavy atom. The number of rotatable bonds is 3. The maximum Gasteiger partial charge on any atom is 0.329 e. The zero-order chi connectivity index (χ0) is 14.8. The first kappa shape index (κ1) is 13.1. The number of nitrogens with zero attached hydrogens (tertiary/aromatic N) is 1. The molecule has 0 spiro atoms. The quantitative estimate of drug-likeness (QED) is 0.696. The van der Waals surface area contributed by atoms with Gasteiger partial charge in [0.1, 0.15) is 11.5 Å². The lowest BCUT2D eigenvalue weighted by molar-refractivity contribution is -0.123. The van der Waals surface area contributed by atoms with Crippen molar-refractivity contribution in [3.63, 3.8) is 0 Å². The average Bonchev–Trinajstić information content (AvgIpc) is 3.05. The fourth-order valence-electron chi connectivity index (χ4n) is 2.04. The summed E-state index contributed by atoms with van der Waals surface area (Å²) in [6.45, 7) is -0.111. The monoisotopic (exact) mass is 286 g/mol. The van der Waals surface area contributed by atoms with Gasteiger partial charge in [-0.3, -0.25) is 9.69 Å². The van der Waals surface area contributed by atoms with Crippen molar-refractivity contribution in [2.45, 2.75) is 6.54 Å². The molecular weight excluding hydrogens is 275 g/mol. The number of hydrogen-bond acceptors (Lipinski definition) is 3. The van der Waals surface area contributed by atoms with Crippen molar-refractivity contribution in [1.82, 2.24) is 10.2 Å². The molecule has 1 aromatic heterocycles. The standard InChI is InChI=1S/C15H11FN2O3/c16-12-4-2-1-3-11(12)8-18-14(19)13(17-15(18)20)7-10-5-6-21-9-10/h1-7,9H,8H2,(H,17,20)/b13-7+. The van der Waals surface area contributed by atoms with Gasteiger partial charge in [0.25, 0.3) is 5.91 Å². The molecule has 0 aliphatic carbocycles. The van der Waals surface area contributed by atoms with E-state index in [1.807, 2.05) is 0 Å². The molecule has 1 N–H and O–H groups in total. The third kappa shape index (κ3) is 2.55. The van der Waals surface area contributed by atoms with Crippen molar-refractivity contribution in [2.24, 2.45) is 0 Å². The molecule has 6 heteroatoms. The van der Waals surface area contributed by atoms with Crippen molar-refractivity contribution < 1.29 is 18.4 Å². The number of carbonyl (C=O) groups excluding carboxylic acids is 2. The van der Waals surface area contributed by atoms with Crippen LogP contribution in [0.25, 0.3) is 6.08 Å². The van der Waals surface area contributed by atoms with Gasteiger partial charge in [-0.15, -0.1) is 0 Å². The third-order valence-electron chi connectivity index (χ3n) is 3.10. The predicted molar refractivity (Wildman–Crippen MR) is 72.2 cm³/mol. The van der Waals surface area contributed by atoms with Crippen LogP contribution >= 0.6 is 0 Å². The van der Waals surface area contributed by atoms with E-state index < -0.39 is 17.8 Å². The molecule has 3 amide bonds. The molecular formula is C15H11FN2O3. The number of halogens is 1. The molecule has 1 fully saturated rings. The van der Waals surface area contributed by atoms with Crippen LogP contribution in [0, 0.1) is 5.82 Å². The molecule has 1 aromatic carbocycles. The zero-order valence-electron chi connectivity index (χ0n) is 10.9. The SMILES string of the molecule is O=C1N/C(=C/c2ccoc2)C(=O)N1Cc1ccccc1F. The van der Waals surface area contributed by atoms with E-state index in [9.17, 15) is 14.0 Å². The highest BCUT2D eigenvalue weighted by molar-refractivity contribution is 6.13. The van der Waals surface area contributed by atoms with E-state index in [0.29, 0.717) is 5.56 Å². The van der Waals surface area contributed by atoms with E-state index >= 15 is 0 Å². The summed E-state index contributed by atoms with van der Waals surface area (Å²) in [5.74, 6) is -0.949. The molecule has 106 valence electrons. The lowest BCUT2D eigenvalue weighted by Gasteiger charge is -2.12. The first-order chi connectivity index (χ1) is 10.1. The van der Waals surface area contributed by atoms with Crippen molar-refractivity contribution in [1.29, 1.82) is 0 Å². The minimum Gasteiger partial charge on any atom is -0.472 e. The molecule has 2 heterocycles. The molecule has 1 saturated heterocycles. The van der Waals surface area contributed by atoms with Gasteiger partial charge in [-0.05, 0) is 18.2 Å². The van der Waals surface area contributed by atoms with Crippen molar-refractivity contribution in [3.05, 3.63) is 65.5 Å². The molecule has 21 heavy (non-hydrogen) atoms. The number of carbonyl (C=O) groups is 2. The molecule has 1 aliphatic rings. The van der Waals surface area contributed by atoms with Gasteiger partial charge in [-0.1, -0.05) is 18.2 Å². The van der Waals surface area contributed by atoms with Crippen LogP contribution in [0.4, 0.5) is 9.18 Å². The lowest BCUT2D eigenvalue weighted by Crippen LogP contribution is -2.30. The van der Waals surface area contributed by atoms with Gasteiger partial charge < -0.3 is 9.73 Å². The van der Waals surface area contributed by atoms with E-state index in [1.165, 1.54) is 30.7 Å². The summed E-state index contributed by atoms with van der Waals surface area (Å²) < 4.78 is 18.5. The summed E-state index contributed by atoms with van der Waals surface area (Å²) in [6.07, 6.45) is 4.42. The normalized spacial score (nSPS) is 16.6. The Hall–Kier alpha value is -2.89. The summed E-state index contributed by atoms with van der Waals surface area (Å²) in [5.41, 5.74) is 1.08. The highest BCUT2D eigenvalue weighted by Gasteiger charge is 2.33. The van der Waals surface area contributed by atoms with E-state index in [1.54, 1.807) is 18.2 Å². The Labute approximate surface area is 119 Å². The molecule has 0 radical (unpaired) electrons. The molecule has 0 bridgehead atoms. The Morgan fingerprint density at radius 1 is 1.24 bits per heavy atom. The van der Waals surface area contributed by atoms with Crippen LogP contribution in [0.5, 0.6) is 0 Å². The molecule has 0 atom stereocenters. The largest absolute Gasteiger partial charge is 0.472 e. The number of urea groups is 1. The molecule has 0 saturated carbocycles. The number of furan rings is 1. The van der Waals surface area contributed by atoms with Crippen LogP contribution in [-0.4, -0.2) is 16.8 Å². The average molecular weight is 286 g/mol. The second kappa shape index (κ2) is 5.24. The highest BCUT2D eigenvalue weighted by atomic mass is 19.1. The van der Waals surface area contributed by atoms with Gasteiger partial charge >= 0.3 is 6.03 Å². The number of benzene rings is 1. The highest BCUT2D eigenvalue weighted by Crippen LogP contribution is 2.18. The number of hydrogen-bond donors (Lipinski definition) is 1. The lowest BCUT2D eigenvalue weighted by atomic mass is 10.2. The maximum absolute atomic E-state index is 13.6. The second-order valence-electron chi connectivity index (χ2n) is 4.53. The smallest absolute Gasteiger partial charge is 0.329 e.